The largest absolute Gasteiger partial charge is 0.357 e. The molecule has 0 amide bonds. The van der Waals surface area contributed by atoms with Crippen LogP contribution in [0.2, 0.25) is 0 Å². The predicted octanol–water partition coefficient (Wildman–Crippen LogP) is 2.77. The molecule has 176 valence electrons. The minimum Gasteiger partial charge on any atom is -0.357 e. The van der Waals surface area contributed by atoms with Gasteiger partial charge < -0.3 is 25.3 Å². The second kappa shape index (κ2) is 14.8. The summed E-state index contributed by atoms with van der Waals surface area (Å²) in [5.74, 6) is 1.99. The Morgan fingerprint density at radius 2 is 1.77 bits per heavy atom. The normalized spacial score (nSPS) is 18.9. The highest BCUT2D eigenvalue weighted by atomic mass is 127. The van der Waals surface area contributed by atoms with Crippen LogP contribution in [0.5, 0.6) is 0 Å². The lowest BCUT2D eigenvalue weighted by Gasteiger charge is -2.34. The monoisotopic (exact) mass is 543 g/mol. The highest BCUT2D eigenvalue weighted by Crippen LogP contribution is 2.19. The van der Waals surface area contributed by atoms with Crippen molar-refractivity contribution in [3.63, 3.8) is 0 Å². The van der Waals surface area contributed by atoms with Crippen molar-refractivity contribution in [1.82, 2.24) is 25.4 Å². The first-order valence-corrected chi connectivity index (χ1v) is 11.9. The molecule has 0 saturated carbocycles. The van der Waals surface area contributed by atoms with Crippen molar-refractivity contribution in [2.24, 2.45) is 4.99 Å². The number of piperazine rings is 1. The third-order valence-electron chi connectivity index (χ3n) is 6.06. The van der Waals surface area contributed by atoms with E-state index >= 15 is 0 Å². The van der Waals surface area contributed by atoms with Crippen LogP contribution in [0.15, 0.2) is 23.3 Å². The topological polar surface area (TPSA) is 59.0 Å². The number of hydrogen-bond acceptors (Lipinski definition) is 5. The fraction of sp³-hybridized carbons (Fsp3) is 0.739. The molecule has 0 atom stereocenters. The summed E-state index contributed by atoms with van der Waals surface area (Å²) < 4.78 is 0. The first kappa shape index (κ1) is 26.1. The Morgan fingerprint density at radius 3 is 2.48 bits per heavy atom. The molecular formula is C23H42IN7. The number of aliphatic imine (C=N–C) groups is 1. The standard InChI is InChI=1S/C23H41N7.HI/c1-3-24-23(26-12-9-15-29-13-6-4-5-7-14-29)27-20-21-10-8-11-25-22(21)30-18-16-28(2)17-19-30;/h8,10-11H,3-7,9,12-20H2,1-2H3,(H2,24,26,27);1H. The number of rotatable bonds is 8. The summed E-state index contributed by atoms with van der Waals surface area (Å²) in [5.41, 5.74) is 1.20. The third kappa shape index (κ3) is 9.10. The van der Waals surface area contributed by atoms with Gasteiger partial charge in [0.15, 0.2) is 5.96 Å². The summed E-state index contributed by atoms with van der Waals surface area (Å²) >= 11 is 0. The zero-order chi connectivity index (χ0) is 21.0. The molecule has 1 aromatic heterocycles. The number of nitrogens with one attached hydrogen (secondary N) is 2. The molecule has 2 N–H and O–H groups in total. The second-order valence-electron chi connectivity index (χ2n) is 8.51. The van der Waals surface area contributed by atoms with Crippen molar-refractivity contribution in [3.05, 3.63) is 23.9 Å². The summed E-state index contributed by atoms with van der Waals surface area (Å²) in [6.45, 7) is 12.5. The van der Waals surface area contributed by atoms with Gasteiger partial charge in [0.25, 0.3) is 0 Å². The Morgan fingerprint density at radius 1 is 1.03 bits per heavy atom. The molecule has 0 radical (unpaired) electrons. The average Bonchev–Trinajstić information content (AvgIpc) is 3.05. The number of halogens is 1. The molecule has 1 aromatic rings. The lowest BCUT2D eigenvalue weighted by molar-refractivity contribution is 0.282. The van der Waals surface area contributed by atoms with Crippen molar-refractivity contribution in [2.75, 3.05) is 70.9 Å². The number of anilines is 1. The molecule has 8 heteroatoms. The predicted molar refractivity (Wildman–Crippen MR) is 142 cm³/mol. The van der Waals surface area contributed by atoms with Crippen LogP contribution < -0.4 is 15.5 Å². The van der Waals surface area contributed by atoms with E-state index in [0.29, 0.717) is 6.54 Å². The fourth-order valence-electron chi connectivity index (χ4n) is 4.23. The number of pyridine rings is 1. The van der Waals surface area contributed by atoms with E-state index in [2.05, 4.69) is 50.4 Å². The highest BCUT2D eigenvalue weighted by molar-refractivity contribution is 14.0. The van der Waals surface area contributed by atoms with Crippen LogP contribution in [-0.2, 0) is 6.54 Å². The Kier molecular flexibility index (Phi) is 12.5. The van der Waals surface area contributed by atoms with Crippen LogP contribution in [0.4, 0.5) is 5.82 Å². The maximum Gasteiger partial charge on any atom is 0.191 e. The lowest BCUT2D eigenvalue weighted by atomic mass is 10.2. The van der Waals surface area contributed by atoms with Gasteiger partial charge in [-0.05, 0) is 58.9 Å². The van der Waals surface area contributed by atoms with E-state index in [0.717, 1.165) is 57.5 Å². The van der Waals surface area contributed by atoms with E-state index in [9.17, 15) is 0 Å². The molecule has 0 unspecified atom stereocenters. The first-order chi connectivity index (χ1) is 14.8. The smallest absolute Gasteiger partial charge is 0.191 e. The molecule has 31 heavy (non-hydrogen) atoms. The van der Waals surface area contributed by atoms with E-state index in [-0.39, 0.29) is 24.0 Å². The first-order valence-electron chi connectivity index (χ1n) is 11.9. The third-order valence-corrected chi connectivity index (χ3v) is 6.06. The molecule has 0 spiro atoms. The molecule has 0 aliphatic carbocycles. The van der Waals surface area contributed by atoms with Gasteiger partial charge in [0.2, 0.25) is 0 Å². The Bertz CT molecular complexity index is 639. The highest BCUT2D eigenvalue weighted by Gasteiger charge is 2.17. The molecule has 2 aliphatic heterocycles. The summed E-state index contributed by atoms with van der Waals surface area (Å²) in [4.78, 5) is 16.9. The quantitative estimate of drug-likeness (QED) is 0.228. The maximum absolute atomic E-state index is 4.86. The van der Waals surface area contributed by atoms with Crippen molar-refractivity contribution >= 4 is 35.8 Å². The van der Waals surface area contributed by atoms with E-state index in [1.54, 1.807) is 0 Å². The van der Waals surface area contributed by atoms with Gasteiger partial charge in [0.1, 0.15) is 5.82 Å². The zero-order valence-electron chi connectivity index (χ0n) is 19.5. The Hall–Kier alpha value is -1.13. The van der Waals surface area contributed by atoms with Gasteiger partial charge in [-0.25, -0.2) is 9.98 Å². The van der Waals surface area contributed by atoms with Gasteiger partial charge in [-0.15, -0.1) is 24.0 Å². The summed E-state index contributed by atoms with van der Waals surface area (Å²) in [5, 5.41) is 6.91. The molecule has 7 nitrogen and oxygen atoms in total. The SMILES string of the molecule is CCNC(=NCc1cccnc1N1CCN(C)CC1)NCCCN1CCCCCC1.I. The second-order valence-corrected chi connectivity index (χ2v) is 8.51. The Balaban J connectivity index is 0.00000341. The van der Waals surface area contributed by atoms with Crippen LogP contribution in [0, 0.1) is 0 Å². The molecule has 2 saturated heterocycles. The van der Waals surface area contributed by atoms with Crippen LogP contribution in [-0.4, -0.2) is 86.7 Å². The van der Waals surface area contributed by atoms with E-state index in [1.165, 1.54) is 50.9 Å². The van der Waals surface area contributed by atoms with Gasteiger partial charge >= 0.3 is 0 Å². The van der Waals surface area contributed by atoms with Crippen LogP contribution in [0.3, 0.4) is 0 Å². The van der Waals surface area contributed by atoms with E-state index < -0.39 is 0 Å². The van der Waals surface area contributed by atoms with Gasteiger partial charge in [-0.3, -0.25) is 0 Å². The van der Waals surface area contributed by atoms with Crippen molar-refractivity contribution in [1.29, 1.82) is 0 Å². The van der Waals surface area contributed by atoms with Gasteiger partial charge in [0, 0.05) is 51.0 Å². The number of guanidine groups is 1. The number of aromatic nitrogens is 1. The molecule has 3 rings (SSSR count). The summed E-state index contributed by atoms with van der Waals surface area (Å²) in [6, 6.07) is 4.18. The molecule has 3 heterocycles. The maximum atomic E-state index is 4.86. The summed E-state index contributed by atoms with van der Waals surface area (Å²) in [6.07, 6.45) is 8.57. The van der Waals surface area contributed by atoms with Crippen LogP contribution in [0.25, 0.3) is 0 Å². The van der Waals surface area contributed by atoms with Crippen molar-refractivity contribution in [3.8, 4) is 0 Å². The number of nitrogens with zero attached hydrogens (tertiary/aromatic N) is 5. The van der Waals surface area contributed by atoms with E-state index in [4.69, 9.17) is 4.99 Å². The molecule has 0 aromatic carbocycles. The molecular weight excluding hydrogens is 501 g/mol. The van der Waals surface area contributed by atoms with Crippen molar-refractivity contribution in [2.45, 2.75) is 45.6 Å². The van der Waals surface area contributed by atoms with Crippen LogP contribution >= 0.6 is 24.0 Å². The van der Waals surface area contributed by atoms with Crippen molar-refractivity contribution < 1.29 is 0 Å². The van der Waals surface area contributed by atoms with Gasteiger partial charge in [-0.2, -0.15) is 0 Å². The fourth-order valence-corrected chi connectivity index (χ4v) is 4.23. The number of likely N-dealkylation sites (tertiary alicyclic amines) is 1. The van der Waals surface area contributed by atoms with Gasteiger partial charge in [0.05, 0.1) is 6.54 Å². The number of likely N-dealkylation sites (N-methyl/N-ethyl adjacent to an activating group) is 1. The zero-order valence-corrected chi connectivity index (χ0v) is 21.8. The van der Waals surface area contributed by atoms with E-state index in [1.807, 2.05) is 12.3 Å². The lowest BCUT2D eigenvalue weighted by Crippen LogP contribution is -2.45. The number of hydrogen-bond donors (Lipinski definition) is 2. The molecule has 2 aliphatic rings. The van der Waals surface area contributed by atoms with Crippen LogP contribution in [0.1, 0.15) is 44.6 Å². The molecule has 0 bridgehead atoms. The Labute approximate surface area is 206 Å². The minimum atomic E-state index is 0. The minimum absolute atomic E-state index is 0. The summed E-state index contributed by atoms with van der Waals surface area (Å²) in [7, 11) is 2.18. The molecule has 2 fully saturated rings. The average molecular weight is 544 g/mol. The van der Waals surface area contributed by atoms with Gasteiger partial charge in [-0.1, -0.05) is 18.9 Å².